The molecule has 86 valence electrons. The van der Waals surface area contributed by atoms with E-state index in [1.807, 2.05) is 24.3 Å². The molecule has 0 aliphatic heterocycles. The Kier molecular flexibility index (Phi) is 4.32. The Balaban J connectivity index is 2.37. The van der Waals surface area contributed by atoms with Crippen molar-refractivity contribution in [2.75, 3.05) is 13.7 Å². The first-order chi connectivity index (χ1) is 7.63. The molecule has 1 aromatic carbocycles. The fourth-order valence-electron chi connectivity index (χ4n) is 1.19. The van der Waals surface area contributed by atoms with Crippen LogP contribution in [0, 0.1) is 0 Å². The Bertz CT molecular complexity index is 372. The third-order valence-electron chi connectivity index (χ3n) is 2.05. The topological polar surface area (TPSA) is 75.6 Å². The van der Waals surface area contributed by atoms with Gasteiger partial charge in [0.15, 0.2) is 0 Å². The molecule has 5 nitrogen and oxygen atoms in total. The van der Waals surface area contributed by atoms with Crippen molar-refractivity contribution in [3.8, 4) is 5.75 Å². The van der Waals surface area contributed by atoms with E-state index in [0.29, 0.717) is 13.0 Å². The summed E-state index contributed by atoms with van der Waals surface area (Å²) in [6.45, 7) is 0.303. The first-order valence-electron chi connectivity index (χ1n) is 4.77. The molecule has 0 bridgehead atoms. The monoisotopic (exact) mass is 223 g/mol. The number of nitrogens with one attached hydrogen (secondary N) is 1. The SMILES string of the molecule is COc1ccc(CCNC(=O)C(=O)O)cc1. The van der Waals surface area contributed by atoms with Crippen LogP contribution in [-0.2, 0) is 16.0 Å². The van der Waals surface area contributed by atoms with Gasteiger partial charge in [-0.3, -0.25) is 4.79 Å². The number of methoxy groups -OCH3 is 1. The minimum absolute atomic E-state index is 0.303. The number of hydrogen-bond acceptors (Lipinski definition) is 3. The van der Waals surface area contributed by atoms with Gasteiger partial charge in [0.05, 0.1) is 7.11 Å². The summed E-state index contributed by atoms with van der Waals surface area (Å²) >= 11 is 0. The summed E-state index contributed by atoms with van der Waals surface area (Å²) in [6.07, 6.45) is 0.586. The first kappa shape index (κ1) is 12.0. The van der Waals surface area contributed by atoms with Crippen molar-refractivity contribution in [3.05, 3.63) is 29.8 Å². The van der Waals surface area contributed by atoms with Gasteiger partial charge in [-0.15, -0.1) is 0 Å². The van der Waals surface area contributed by atoms with Crippen molar-refractivity contribution in [1.82, 2.24) is 5.32 Å². The highest BCUT2D eigenvalue weighted by Crippen LogP contribution is 2.11. The number of aliphatic carboxylic acids is 1. The van der Waals surface area contributed by atoms with E-state index in [0.717, 1.165) is 11.3 Å². The van der Waals surface area contributed by atoms with Crippen molar-refractivity contribution in [2.24, 2.45) is 0 Å². The molecular weight excluding hydrogens is 210 g/mol. The van der Waals surface area contributed by atoms with Gasteiger partial charge in [-0.2, -0.15) is 0 Å². The van der Waals surface area contributed by atoms with Gasteiger partial charge < -0.3 is 15.2 Å². The lowest BCUT2D eigenvalue weighted by atomic mass is 10.1. The molecule has 0 fully saturated rings. The maximum atomic E-state index is 10.7. The molecule has 0 saturated carbocycles. The van der Waals surface area contributed by atoms with Gasteiger partial charge in [0.2, 0.25) is 0 Å². The summed E-state index contributed by atoms with van der Waals surface area (Å²) in [5.74, 6) is -1.68. The standard InChI is InChI=1S/C11H13NO4/c1-16-9-4-2-8(3-5-9)6-7-12-10(13)11(14)15/h2-5H,6-7H2,1H3,(H,12,13)(H,14,15). The summed E-state index contributed by atoms with van der Waals surface area (Å²) in [5, 5.41) is 10.6. The molecule has 0 atom stereocenters. The van der Waals surface area contributed by atoms with Gasteiger partial charge in [0.25, 0.3) is 0 Å². The van der Waals surface area contributed by atoms with Crippen LogP contribution in [0.25, 0.3) is 0 Å². The fraction of sp³-hybridized carbons (Fsp3) is 0.273. The maximum Gasteiger partial charge on any atom is 0.394 e. The average molecular weight is 223 g/mol. The molecular formula is C11H13NO4. The quantitative estimate of drug-likeness (QED) is 0.726. The highest BCUT2D eigenvalue weighted by Gasteiger charge is 2.08. The number of carboxylic acids is 1. The lowest BCUT2D eigenvalue weighted by molar-refractivity contribution is -0.150. The molecule has 0 aliphatic rings. The van der Waals surface area contributed by atoms with Crippen LogP contribution >= 0.6 is 0 Å². The number of ether oxygens (including phenoxy) is 1. The number of benzene rings is 1. The predicted molar refractivity (Wildman–Crippen MR) is 57.3 cm³/mol. The van der Waals surface area contributed by atoms with Crippen LogP contribution in [0.3, 0.4) is 0 Å². The van der Waals surface area contributed by atoms with Crippen LogP contribution in [0.15, 0.2) is 24.3 Å². The second kappa shape index (κ2) is 5.75. The Hall–Kier alpha value is -2.04. The van der Waals surface area contributed by atoms with Crippen LogP contribution in [0.4, 0.5) is 0 Å². The molecule has 0 heterocycles. The predicted octanol–water partition coefficient (Wildman–Crippen LogP) is 0.438. The summed E-state index contributed by atoms with van der Waals surface area (Å²) < 4.78 is 5.00. The number of amides is 1. The van der Waals surface area contributed by atoms with E-state index in [-0.39, 0.29) is 0 Å². The van der Waals surface area contributed by atoms with E-state index >= 15 is 0 Å². The minimum Gasteiger partial charge on any atom is -0.497 e. The van der Waals surface area contributed by atoms with Gasteiger partial charge in [0, 0.05) is 6.54 Å². The normalized spacial score (nSPS) is 9.56. The molecule has 1 amide bonds. The second-order valence-electron chi connectivity index (χ2n) is 3.16. The molecule has 0 spiro atoms. The summed E-state index contributed by atoms with van der Waals surface area (Å²) in [7, 11) is 1.59. The smallest absolute Gasteiger partial charge is 0.394 e. The van der Waals surface area contributed by atoms with E-state index in [4.69, 9.17) is 9.84 Å². The zero-order valence-corrected chi connectivity index (χ0v) is 8.90. The molecule has 2 N–H and O–H groups in total. The first-order valence-corrected chi connectivity index (χ1v) is 4.77. The molecule has 16 heavy (non-hydrogen) atoms. The highest BCUT2D eigenvalue weighted by molar-refractivity contribution is 6.31. The lowest BCUT2D eigenvalue weighted by Gasteiger charge is -2.04. The van der Waals surface area contributed by atoms with Gasteiger partial charge in [-0.05, 0) is 24.1 Å². The van der Waals surface area contributed by atoms with Crippen molar-refractivity contribution in [1.29, 1.82) is 0 Å². The third kappa shape index (κ3) is 3.61. The highest BCUT2D eigenvalue weighted by atomic mass is 16.5. The lowest BCUT2D eigenvalue weighted by Crippen LogP contribution is -2.32. The zero-order chi connectivity index (χ0) is 12.0. The Morgan fingerprint density at radius 2 is 1.94 bits per heavy atom. The molecule has 1 aromatic rings. The molecule has 0 saturated heterocycles. The van der Waals surface area contributed by atoms with Gasteiger partial charge in [-0.25, -0.2) is 4.79 Å². The average Bonchev–Trinajstić information content (AvgIpc) is 2.29. The molecule has 0 aromatic heterocycles. The Morgan fingerprint density at radius 1 is 1.31 bits per heavy atom. The third-order valence-corrected chi connectivity index (χ3v) is 2.05. The van der Waals surface area contributed by atoms with Gasteiger partial charge in [0.1, 0.15) is 5.75 Å². The summed E-state index contributed by atoms with van der Waals surface area (Å²) in [6, 6.07) is 7.36. The maximum absolute atomic E-state index is 10.7. The second-order valence-corrected chi connectivity index (χ2v) is 3.16. The van der Waals surface area contributed by atoms with E-state index in [1.54, 1.807) is 7.11 Å². The number of carbonyl (C=O) groups excluding carboxylic acids is 1. The Labute approximate surface area is 93.0 Å². The van der Waals surface area contributed by atoms with Crippen LogP contribution in [0.1, 0.15) is 5.56 Å². The number of carbonyl (C=O) groups is 2. The molecule has 0 aliphatic carbocycles. The van der Waals surface area contributed by atoms with Crippen molar-refractivity contribution in [2.45, 2.75) is 6.42 Å². The van der Waals surface area contributed by atoms with E-state index in [2.05, 4.69) is 5.32 Å². The molecule has 0 unspecified atom stereocenters. The minimum atomic E-state index is -1.46. The van der Waals surface area contributed by atoms with Crippen molar-refractivity contribution < 1.29 is 19.4 Å². The van der Waals surface area contributed by atoms with Crippen molar-refractivity contribution >= 4 is 11.9 Å². The van der Waals surface area contributed by atoms with Crippen LogP contribution in [-0.4, -0.2) is 30.6 Å². The number of carboxylic acid groups (broad SMARTS) is 1. The van der Waals surface area contributed by atoms with Crippen LogP contribution in [0.2, 0.25) is 0 Å². The largest absolute Gasteiger partial charge is 0.497 e. The molecule has 1 rings (SSSR count). The van der Waals surface area contributed by atoms with Gasteiger partial charge >= 0.3 is 11.9 Å². The zero-order valence-electron chi connectivity index (χ0n) is 8.90. The van der Waals surface area contributed by atoms with E-state index in [9.17, 15) is 9.59 Å². The van der Waals surface area contributed by atoms with E-state index in [1.165, 1.54) is 0 Å². The number of hydrogen-bond donors (Lipinski definition) is 2. The Morgan fingerprint density at radius 3 is 2.44 bits per heavy atom. The van der Waals surface area contributed by atoms with E-state index < -0.39 is 11.9 Å². The molecule has 0 radical (unpaired) electrons. The van der Waals surface area contributed by atoms with Crippen LogP contribution < -0.4 is 10.1 Å². The fourth-order valence-corrected chi connectivity index (χ4v) is 1.19. The molecule has 5 heteroatoms. The van der Waals surface area contributed by atoms with Crippen molar-refractivity contribution in [3.63, 3.8) is 0 Å². The van der Waals surface area contributed by atoms with Crippen LogP contribution in [0.5, 0.6) is 5.75 Å². The summed E-state index contributed by atoms with van der Waals surface area (Å²) in [5.41, 5.74) is 1.01. The number of rotatable bonds is 4. The van der Waals surface area contributed by atoms with Gasteiger partial charge in [-0.1, -0.05) is 12.1 Å². The summed E-state index contributed by atoms with van der Waals surface area (Å²) in [4.78, 5) is 20.9.